The van der Waals surface area contributed by atoms with Crippen LogP contribution in [0.15, 0.2) is 12.7 Å². The molecule has 2 aromatic rings. The highest BCUT2D eigenvalue weighted by Crippen LogP contribution is 2.23. The van der Waals surface area contributed by atoms with Gasteiger partial charge in [-0.25, -0.2) is 27.7 Å². The summed E-state index contributed by atoms with van der Waals surface area (Å²) in [7, 11) is -3.10. The van der Waals surface area contributed by atoms with E-state index in [1.165, 1.54) is 0 Å². The third-order valence-electron chi connectivity index (χ3n) is 5.25. The molecule has 0 radical (unpaired) electrons. The van der Waals surface area contributed by atoms with Crippen LogP contribution in [0.4, 0.5) is 5.82 Å². The van der Waals surface area contributed by atoms with Gasteiger partial charge in [0.1, 0.15) is 11.8 Å². The summed E-state index contributed by atoms with van der Waals surface area (Å²) in [6, 6.07) is 0.346. The highest BCUT2D eigenvalue weighted by molar-refractivity contribution is 7.89. The molecule has 9 nitrogen and oxygen atoms in total. The van der Waals surface area contributed by atoms with Gasteiger partial charge in [-0.3, -0.25) is 0 Å². The maximum Gasteiger partial charge on any atom is 0.215 e. The monoisotopic (exact) mass is 379 g/mol. The second kappa shape index (κ2) is 7.45. The van der Waals surface area contributed by atoms with Gasteiger partial charge in [-0.15, -0.1) is 0 Å². The standard InChI is InChI=1S/C16H25N7O2S/c24-26(25,23-6-1-2-7-23)10-5-17-13-3-8-22(9-4-13)16-14-15(19-11-18-14)20-12-21-16/h11-13,17H,1-10H2,(H,18,19,20,21). The summed E-state index contributed by atoms with van der Waals surface area (Å²) in [6.07, 6.45) is 7.08. The Hall–Kier alpha value is -1.78. The molecule has 2 aliphatic heterocycles. The molecule has 2 saturated heterocycles. The smallest absolute Gasteiger partial charge is 0.215 e. The zero-order valence-electron chi connectivity index (χ0n) is 14.8. The van der Waals surface area contributed by atoms with Crippen LogP contribution >= 0.6 is 0 Å². The topological polar surface area (TPSA) is 107 Å². The van der Waals surface area contributed by atoms with E-state index < -0.39 is 10.0 Å². The first-order chi connectivity index (χ1) is 12.6. The van der Waals surface area contributed by atoms with Gasteiger partial charge in [-0.05, 0) is 25.7 Å². The van der Waals surface area contributed by atoms with Gasteiger partial charge in [0.25, 0.3) is 0 Å². The van der Waals surface area contributed by atoms with E-state index in [9.17, 15) is 8.42 Å². The van der Waals surface area contributed by atoms with Crippen molar-refractivity contribution in [1.82, 2.24) is 29.6 Å². The molecule has 0 unspecified atom stereocenters. The highest BCUT2D eigenvalue weighted by Gasteiger charge is 2.26. The summed E-state index contributed by atoms with van der Waals surface area (Å²) in [5.74, 6) is 1.08. The van der Waals surface area contributed by atoms with Crippen molar-refractivity contribution >= 4 is 27.0 Å². The zero-order chi connectivity index (χ0) is 18.0. The molecule has 4 heterocycles. The number of fused-ring (bicyclic) bond motifs is 1. The summed E-state index contributed by atoms with van der Waals surface area (Å²) in [5, 5.41) is 3.42. The predicted molar refractivity (Wildman–Crippen MR) is 99.5 cm³/mol. The van der Waals surface area contributed by atoms with Crippen molar-refractivity contribution in [3.63, 3.8) is 0 Å². The number of anilines is 1. The van der Waals surface area contributed by atoms with E-state index in [0.717, 1.165) is 50.1 Å². The van der Waals surface area contributed by atoms with Gasteiger partial charge >= 0.3 is 0 Å². The van der Waals surface area contributed by atoms with E-state index in [-0.39, 0.29) is 5.75 Å². The lowest BCUT2D eigenvalue weighted by atomic mass is 10.1. The van der Waals surface area contributed by atoms with E-state index in [0.29, 0.717) is 31.3 Å². The van der Waals surface area contributed by atoms with E-state index in [1.54, 1.807) is 17.0 Å². The second-order valence-corrected chi connectivity index (χ2v) is 9.02. The van der Waals surface area contributed by atoms with Crippen LogP contribution in [0.5, 0.6) is 0 Å². The quantitative estimate of drug-likeness (QED) is 0.745. The van der Waals surface area contributed by atoms with Gasteiger partial charge in [0.05, 0.1) is 12.1 Å². The number of sulfonamides is 1. The first kappa shape index (κ1) is 17.6. The summed E-state index contributed by atoms with van der Waals surface area (Å²) in [5.41, 5.74) is 1.55. The van der Waals surface area contributed by atoms with Crippen molar-refractivity contribution in [3.8, 4) is 0 Å². The van der Waals surface area contributed by atoms with Crippen LogP contribution in [0.1, 0.15) is 25.7 Å². The molecule has 0 saturated carbocycles. The number of piperidine rings is 1. The minimum absolute atomic E-state index is 0.188. The Kier molecular flexibility index (Phi) is 5.05. The molecular weight excluding hydrogens is 354 g/mol. The van der Waals surface area contributed by atoms with Crippen molar-refractivity contribution < 1.29 is 8.42 Å². The third-order valence-corrected chi connectivity index (χ3v) is 7.12. The average molecular weight is 379 g/mol. The molecule has 0 aromatic carbocycles. The SMILES string of the molecule is O=S(=O)(CCNC1CCN(c2ncnc3nc[nH]c23)CC1)N1CCCC1. The number of aromatic amines is 1. The molecular formula is C16H25N7O2S. The van der Waals surface area contributed by atoms with Gasteiger partial charge < -0.3 is 15.2 Å². The molecule has 142 valence electrons. The average Bonchev–Trinajstić information content (AvgIpc) is 3.34. The molecule has 2 N–H and O–H groups in total. The van der Waals surface area contributed by atoms with Gasteiger partial charge in [0.2, 0.25) is 10.0 Å². The number of nitrogens with zero attached hydrogens (tertiary/aromatic N) is 5. The highest BCUT2D eigenvalue weighted by atomic mass is 32.2. The third kappa shape index (κ3) is 3.67. The Bertz CT molecular complexity index is 839. The molecule has 10 heteroatoms. The van der Waals surface area contributed by atoms with Crippen LogP contribution in [0.25, 0.3) is 11.2 Å². The number of hydrogen-bond donors (Lipinski definition) is 2. The Morgan fingerprint density at radius 2 is 1.88 bits per heavy atom. The lowest BCUT2D eigenvalue weighted by Gasteiger charge is -2.33. The number of H-pyrrole nitrogens is 1. The Morgan fingerprint density at radius 3 is 2.65 bits per heavy atom. The van der Waals surface area contributed by atoms with Crippen molar-refractivity contribution in [2.75, 3.05) is 43.4 Å². The fraction of sp³-hybridized carbons (Fsp3) is 0.688. The fourth-order valence-electron chi connectivity index (χ4n) is 3.77. The molecule has 26 heavy (non-hydrogen) atoms. The molecule has 0 spiro atoms. The number of rotatable bonds is 6. The minimum atomic E-state index is -3.10. The summed E-state index contributed by atoms with van der Waals surface area (Å²) < 4.78 is 26.2. The normalized spacial score (nSPS) is 20.2. The molecule has 2 fully saturated rings. The molecule has 4 rings (SSSR count). The van der Waals surface area contributed by atoms with E-state index in [4.69, 9.17) is 0 Å². The molecule has 0 aliphatic carbocycles. The number of hydrogen-bond acceptors (Lipinski definition) is 7. The molecule has 2 aromatic heterocycles. The molecule has 0 atom stereocenters. The van der Waals surface area contributed by atoms with Crippen LogP contribution < -0.4 is 10.2 Å². The van der Waals surface area contributed by atoms with Crippen molar-refractivity contribution in [2.24, 2.45) is 0 Å². The maximum atomic E-state index is 12.3. The Labute approximate surface area is 153 Å². The van der Waals surface area contributed by atoms with Crippen molar-refractivity contribution in [3.05, 3.63) is 12.7 Å². The number of nitrogens with one attached hydrogen (secondary N) is 2. The van der Waals surface area contributed by atoms with Gasteiger partial charge in [-0.2, -0.15) is 0 Å². The lowest BCUT2D eigenvalue weighted by Crippen LogP contribution is -2.45. The van der Waals surface area contributed by atoms with E-state index in [1.807, 2.05) is 0 Å². The fourth-order valence-corrected chi connectivity index (χ4v) is 5.22. The summed E-state index contributed by atoms with van der Waals surface area (Å²) in [6.45, 7) is 3.63. The predicted octanol–water partition coefficient (Wildman–Crippen LogP) is 0.337. The van der Waals surface area contributed by atoms with Crippen LogP contribution in [-0.2, 0) is 10.0 Å². The number of imidazole rings is 1. The first-order valence-electron chi connectivity index (χ1n) is 9.24. The summed E-state index contributed by atoms with van der Waals surface area (Å²) in [4.78, 5) is 18.1. The Morgan fingerprint density at radius 1 is 1.12 bits per heavy atom. The van der Waals surface area contributed by atoms with Crippen molar-refractivity contribution in [1.29, 1.82) is 0 Å². The minimum Gasteiger partial charge on any atom is -0.355 e. The van der Waals surface area contributed by atoms with E-state index >= 15 is 0 Å². The van der Waals surface area contributed by atoms with Crippen LogP contribution in [0.2, 0.25) is 0 Å². The van der Waals surface area contributed by atoms with Crippen LogP contribution in [-0.4, -0.2) is 77.2 Å². The molecule has 0 bridgehead atoms. The lowest BCUT2D eigenvalue weighted by molar-refractivity contribution is 0.419. The maximum absolute atomic E-state index is 12.3. The van der Waals surface area contributed by atoms with E-state index in [2.05, 4.69) is 30.2 Å². The van der Waals surface area contributed by atoms with Crippen molar-refractivity contribution in [2.45, 2.75) is 31.7 Å². The molecule has 2 aliphatic rings. The second-order valence-electron chi connectivity index (χ2n) is 6.94. The van der Waals surface area contributed by atoms with Gasteiger partial charge in [0, 0.05) is 38.8 Å². The number of aromatic nitrogens is 4. The zero-order valence-corrected chi connectivity index (χ0v) is 15.6. The Balaban J connectivity index is 1.27. The largest absolute Gasteiger partial charge is 0.355 e. The van der Waals surface area contributed by atoms with Crippen LogP contribution in [0.3, 0.4) is 0 Å². The van der Waals surface area contributed by atoms with Gasteiger partial charge in [-0.1, -0.05) is 0 Å². The first-order valence-corrected chi connectivity index (χ1v) is 10.8. The molecule has 0 amide bonds. The van der Waals surface area contributed by atoms with Gasteiger partial charge in [0.15, 0.2) is 11.5 Å². The summed E-state index contributed by atoms with van der Waals surface area (Å²) >= 11 is 0. The van der Waals surface area contributed by atoms with Crippen LogP contribution in [0, 0.1) is 0 Å².